The van der Waals surface area contributed by atoms with Gasteiger partial charge in [-0.3, -0.25) is 9.59 Å². The molecule has 1 aromatic carbocycles. The highest BCUT2D eigenvalue weighted by atomic mass is 19.3. The number of furan rings is 1. The van der Waals surface area contributed by atoms with E-state index in [1.807, 2.05) is 0 Å². The number of hydrogen-bond donors (Lipinski definition) is 1. The monoisotopic (exact) mass is 364 g/mol. The Labute approximate surface area is 148 Å². The Kier molecular flexibility index (Phi) is 5.50. The molecule has 1 saturated heterocycles. The standard InChI is InChI=1S/C18H18F2N2O4/c19-18(20)26-14-5-3-12(4-6-14)9-21-17(24)13-8-16(23)22(10-13)11-15-2-1-7-25-15/h1-7,13,18H,8-11H2,(H,21,24)/t13-/m1/s1. The molecule has 0 bridgehead atoms. The summed E-state index contributed by atoms with van der Waals surface area (Å²) >= 11 is 0. The van der Waals surface area contributed by atoms with E-state index in [4.69, 9.17) is 4.42 Å². The van der Waals surface area contributed by atoms with Crippen molar-refractivity contribution in [2.45, 2.75) is 26.1 Å². The first-order chi connectivity index (χ1) is 12.5. The van der Waals surface area contributed by atoms with Crippen molar-refractivity contribution in [3.63, 3.8) is 0 Å². The van der Waals surface area contributed by atoms with E-state index in [1.165, 1.54) is 18.4 Å². The molecule has 0 spiro atoms. The van der Waals surface area contributed by atoms with Gasteiger partial charge in [-0.25, -0.2) is 0 Å². The van der Waals surface area contributed by atoms with Crippen LogP contribution in [0.25, 0.3) is 0 Å². The third-order valence-corrected chi connectivity index (χ3v) is 4.13. The van der Waals surface area contributed by atoms with Gasteiger partial charge >= 0.3 is 6.61 Å². The quantitative estimate of drug-likeness (QED) is 0.820. The molecule has 1 aromatic heterocycles. The Bertz CT molecular complexity index is 747. The lowest BCUT2D eigenvalue weighted by Gasteiger charge is -2.15. The predicted molar refractivity (Wildman–Crippen MR) is 87.2 cm³/mol. The molecule has 138 valence electrons. The van der Waals surface area contributed by atoms with E-state index in [9.17, 15) is 18.4 Å². The minimum absolute atomic E-state index is 0.0602. The van der Waals surface area contributed by atoms with Gasteiger partial charge in [-0.2, -0.15) is 8.78 Å². The molecule has 1 N–H and O–H groups in total. The van der Waals surface area contributed by atoms with E-state index >= 15 is 0 Å². The van der Waals surface area contributed by atoms with Gasteiger partial charge < -0.3 is 19.4 Å². The van der Waals surface area contributed by atoms with E-state index in [0.717, 1.165) is 5.56 Å². The van der Waals surface area contributed by atoms with Gasteiger partial charge in [0, 0.05) is 19.5 Å². The molecule has 2 heterocycles. The predicted octanol–water partition coefficient (Wildman–Crippen LogP) is 2.55. The second kappa shape index (κ2) is 7.99. The van der Waals surface area contributed by atoms with Crippen molar-refractivity contribution < 1.29 is 27.5 Å². The molecule has 3 rings (SSSR count). The van der Waals surface area contributed by atoms with Gasteiger partial charge in [0.05, 0.1) is 18.7 Å². The molecule has 1 aliphatic heterocycles. The third kappa shape index (κ3) is 4.59. The normalized spacial score (nSPS) is 17.0. The smallest absolute Gasteiger partial charge is 0.387 e. The molecular formula is C18H18F2N2O4. The molecule has 8 heteroatoms. The Morgan fingerprint density at radius 3 is 2.73 bits per heavy atom. The molecule has 0 saturated carbocycles. The highest BCUT2D eigenvalue weighted by Crippen LogP contribution is 2.21. The molecule has 2 amide bonds. The van der Waals surface area contributed by atoms with Crippen molar-refractivity contribution in [3.8, 4) is 5.75 Å². The average Bonchev–Trinajstić information content (AvgIpc) is 3.24. The van der Waals surface area contributed by atoms with Crippen molar-refractivity contribution in [2.24, 2.45) is 5.92 Å². The van der Waals surface area contributed by atoms with Crippen LogP contribution in [0.2, 0.25) is 0 Å². The zero-order chi connectivity index (χ0) is 18.5. The molecule has 2 aromatic rings. The van der Waals surface area contributed by atoms with Crippen LogP contribution in [0.1, 0.15) is 17.7 Å². The highest BCUT2D eigenvalue weighted by molar-refractivity contribution is 5.89. The van der Waals surface area contributed by atoms with E-state index in [1.54, 1.807) is 29.2 Å². The first-order valence-corrected chi connectivity index (χ1v) is 8.13. The fraction of sp³-hybridized carbons (Fsp3) is 0.333. The maximum Gasteiger partial charge on any atom is 0.387 e. The molecule has 0 aliphatic carbocycles. The van der Waals surface area contributed by atoms with Crippen molar-refractivity contribution in [2.75, 3.05) is 6.54 Å². The fourth-order valence-corrected chi connectivity index (χ4v) is 2.81. The average molecular weight is 364 g/mol. The lowest BCUT2D eigenvalue weighted by atomic mass is 10.1. The second-order valence-corrected chi connectivity index (χ2v) is 5.99. The van der Waals surface area contributed by atoms with Gasteiger partial charge in [-0.1, -0.05) is 12.1 Å². The van der Waals surface area contributed by atoms with E-state index < -0.39 is 12.5 Å². The number of carbonyl (C=O) groups excluding carboxylic acids is 2. The Morgan fingerprint density at radius 2 is 2.08 bits per heavy atom. The number of alkyl halides is 2. The number of ether oxygens (including phenoxy) is 1. The molecule has 1 fully saturated rings. The Morgan fingerprint density at radius 1 is 1.31 bits per heavy atom. The lowest BCUT2D eigenvalue weighted by molar-refractivity contribution is -0.129. The minimum Gasteiger partial charge on any atom is -0.467 e. The minimum atomic E-state index is -2.87. The summed E-state index contributed by atoms with van der Waals surface area (Å²) in [4.78, 5) is 25.9. The van der Waals surface area contributed by atoms with Crippen LogP contribution in [0.4, 0.5) is 8.78 Å². The first kappa shape index (κ1) is 17.9. The van der Waals surface area contributed by atoms with Crippen LogP contribution >= 0.6 is 0 Å². The van der Waals surface area contributed by atoms with Crippen molar-refractivity contribution in [1.82, 2.24) is 10.2 Å². The van der Waals surface area contributed by atoms with E-state index in [-0.39, 0.29) is 30.5 Å². The molecule has 0 radical (unpaired) electrons. The van der Waals surface area contributed by atoms with Crippen LogP contribution in [-0.4, -0.2) is 29.9 Å². The zero-order valence-electron chi connectivity index (χ0n) is 13.9. The molecule has 6 nitrogen and oxygen atoms in total. The van der Waals surface area contributed by atoms with Gasteiger partial charge in [0.2, 0.25) is 11.8 Å². The fourth-order valence-electron chi connectivity index (χ4n) is 2.81. The van der Waals surface area contributed by atoms with Crippen LogP contribution in [-0.2, 0) is 22.7 Å². The summed E-state index contributed by atoms with van der Waals surface area (Å²) in [7, 11) is 0. The van der Waals surface area contributed by atoms with Gasteiger partial charge in [0.25, 0.3) is 0 Å². The van der Waals surface area contributed by atoms with Gasteiger partial charge in [0.15, 0.2) is 0 Å². The second-order valence-electron chi connectivity index (χ2n) is 5.99. The number of nitrogens with zero attached hydrogens (tertiary/aromatic N) is 1. The summed E-state index contributed by atoms with van der Waals surface area (Å²) in [5, 5.41) is 2.77. The number of rotatable bonds is 7. The number of amides is 2. The maximum atomic E-state index is 12.3. The molecule has 1 aliphatic rings. The number of nitrogens with one attached hydrogen (secondary N) is 1. The van der Waals surface area contributed by atoms with Gasteiger partial charge in [-0.15, -0.1) is 0 Å². The number of likely N-dealkylation sites (tertiary alicyclic amines) is 1. The molecule has 1 atom stereocenters. The zero-order valence-corrected chi connectivity index (χ0v) is 13.9. The lowest BCUT2D eigenvalue weighted by Crippen LogP contribution is -2.32. The van der Waals surface area contributed by atoms with Gasteiger partial charge in [-0.05, 0) is 29.8 Å². The van der Waals surface area contributed by atoms with Crippen LogP contribution in [0.5, 0.6) is 5.75 Å². The SMILES string of the molecule is O=C(NCc1ccc(OC(F)F)cc1)[C@@H]1CC(=O)N(Cc2ccco2)C1. The maximum absolute atomic E-state index is 12.3. The van der Waals surface area contributed by atoms with Crippen LogP contribution in [0, 0.1) is 5.92 Å². The Hall–Kier alpha value is -2.90. The van der Waals surface area contributed by atoms with E-state index in [2.05, 4.69) is 10.1 Å². The third-order valence-electron chi connectivity index (χ3n) is 4.13. The first-order valence-electron chi connectivity index (χ1n) is 8.13. The summed E-state index contributed by atoms with van der Waals surface area (Å²) in [5.41, 5.74) is 0.747. The summed E-state index contributed by atoms with van der Waals surface area (Å²) in [6, 6.07) is 9.55. The van der Waals surface area contributed by atoms with Crippen molar-refractivity contribution in [3.05, 3.63) is 54.0 Å². The van der Waals surface area contributed by atoms with Crippen LogP contribution < -0.4 is 10.1 Å². The molecule has 0 unspecified atom stereocenters. The topological polar surface area (TPSA) is 71.8 Å². The van der Waals surface area contributed by atoms with Crippen LogP contribution in [0.3, 0.4) is 0 Å². The largest absolute Gasteiger partial charge is 0.467 e. The Balaban J connectivity index is 1.48. The number of halogens is 2. The van der Waals surface area contributed by atoms with Crippen LogP contribution in [0.15, 0.2) is 47.1 Å². The molecule has 26 heavy (non-hydrogen) atoms. The van der Waals surface area contributed by atoms with Gasteiger partial charge in [0.1, 0.15) is 11.5 Å². The van der Waals surface area contributed by atoms with Crippen molar-refractivity contribution >= 4 is 11.8 Å². The number of hydrogen-bond acceptors (Lipinski definition) is 4. The number of carbonyl (C=O) groups is 2. The summed E-state index contributed by atoms with van der Waals surface area (Å²) in [5.74, 6) is 0.0118. The van der Waals surface area contributed by atoms with E-state index in [0.29, 0.717) is 18.8 Å². The summed E-state index contributed by atoms with van der Waals surface area (Å²) in [6.45, 7) is -1.94. The molecular weight excluding hydrogens is 346 g/mol. The highest BCUT2D eigenvalue weighted by Gasteiger charge is 2.34. The summed E-state index contributed by atoms with van der Waals surface area (Å²) < 4.78 is 33.7. The van der Waals surface area contributed by atoms with Crippen molar-refractivity contribution in [1.29, 1.82) is 0 Å². The summed E-state index contributed by atoms with van der Waals surface area (Å²) in [6.07, 6.45) is 1.70. The number of benzene rings is 1.